The molecule has 5 aromatic rings. The second kappa shape index (κ2) is 14.0. The summed E-state index contributed by atoms with van der Waals surface area (Å²) >= 11 is 7.76. The van der Waals surface area contributed by atoms with Crippen molar-refractivity contribution in [2.45, 2.75) is 19.1 Å². The normalized spacial score (nSPS) is 11.9. The van der Waals surface area contributed by atoms with Crippen LogP contribution >= 0.6 is 23.5 Å². The van der Waals surface area contributed by atoms with Gasteiger partial charge in [0.15, 0.2) is 0 Å². The van der Waals surface area contributed by atoms with E-state index in [0.29, 0.717) is 39.2 Å². The Balaban J connectivity index is 1.82. The molecule has 0 amide bonds. The second-order valence-corrected chi connectivity index (χ2v) is 11.4. The number of nitrogens with one attached hydrogen (secondary N) is 4. The summed E-state index contributed by atoms with van der Waals surface area (Å²) in [5.41, 5.74) is 2.64. The molecule has 0 fully saturated rings. The zero-order chi connectivity index (χ0) is 33.1. The number of aliphatic hydroxyl groups excluding tert-OH is 1. The van der Waals surface area contributed by atoms with Gasteiger partial charge < -0.3 is 20.5 Å². The molecule has 0 saturated carbocycles. The van der Waals surface area contributed by atoms with Crippen LogP contribution in [0.2, 0.25) is 5.02 Å². The number of anilines is 1. The van der Waals surface area contributed by atoms with E-state index in [4.69, 9.17) is 22.0 Å². The lowest BCUT2D eigenvalue weighted by Crippen LogP contribution is -2.32. The van der Waals surface area contributed by atoms with Gasteiger partial charge >= 0.3 is 0 Å². The van der Waals surface area contributed by atoms with Crippen molar-refractivity contribution in [3.63, 3.8) is 0 Å². The fourth-order valence-corrected chi connectivity index (χ4v) is 6.04. The van der Waals surface area contributed by atoms with E-state index in [1.165, 1.54) is 46.8 Å². The molecule has 1 heterocycles. The first kappa shape index (κ1) is 33.0. The van der Waals surface area contributed by atoms with Crippen LogP contribution in [0.25, 0.3) is 27.7 Å². The number of benzene rings is 4. The highest BCUT2D eigenvalue weighted by atomic mass is 35.5. The number of aliphatic hydroxyl groups is 1. The minimum absolute atomic E-state index is 0.00636. The predicted octanol–water partition coefficient (Wildman–Crippen LogP) is 6.35. The van der Waals surface area contributed by atoms with E-state index in [0.717, 1.165) is 6.07 Å². The highest BCUT2D eigenvalue weighted by Crippen LogP contribution is 2.34. The number of hydrogen-bond acceptors (Lipinski definition) is 7. The van der Waals surface area contributed by atoms with E-state index in [2.05, 4.69) is 15.4 Å². The van der Waals surface area contributed by atoms with Gasteiger partial charge in [-0.25, -0.2) is 18.2 Å². The van der Waals surface area contributed by atoms with E-state index < -0.39 is 29.1 Å². The largest absolute Gasteiger partial charge is 0.392 e. The van der Waals surface area contributed by atoms with E-state index >= 15 is 0 Å². The highest BCUT2D eigenvalue weighted by molar-refractivity contribution is 7.97. The van der Waals surface area contributed by atoms with Crippen LogP contribution in [0, 0.1) is 22.9 Å². The van der Waals surface area contributed by atoms with Gasteiger partial charge in [0, 0.05) is 19.4 Å². The van der Waals surface area contributed by atoms with Gasteiger partial charge in [0.2, 0.25) is 0 Å². The molecule has 0 aliphatic heterocycles. The van der Waals surface area contributed by atoms with E-state index in [9.17, 15) is 23.1 Å². The molecule has 0 bridgehead atoms. The molecule has 0 saturated heterocycles. The SMILES string of the molecule is CNc1c(-n2c(C(Cc3cc(F)cc(F)c3)NC)nc3cc(-c4cc(F)ccc4CO)ccc3c2=O)ccc(Cl)c1C(=N)NSC. The summed E-state index contributed by atoms with van der Waals surface area (Å²) in [5, 5.41) is 25.2. The van der Waals surface area contributed by atoms with Crippen LogP contribution in [0.1, 0.15) is 28.6 Å². The summed E-state index contributed by atoms with van der Waals surface area (Å²) in [6, 6.07) is 14.6. The number of aromatic nitrogens is 2. The van der Waals surface area contributed by atoms with Crippen LogP contribution in [0.4, 0.5) is 18.9 Å². The molecular formula is C33H30ClF3N6O2S. The number of fused-ring (bicyclic) bond motifs is 1. The van der Waals surface area contributed by atoms with Crippen molar-refractivity contribution in [1.82, 2.24) is 19.6 Å². The first-order valence-electron chi connectivity index (χ1n) is 14.1. The summed E-state index contributed by atoms with van der Waals surface area (Å²) in [7, 11) is 3.28. The Labute approximate surface area is 272 Å². The second-order valence-electron chi connectivity index (χ2n) is 10.4. The zero-order valence-electron chi connectivity index (χ0n) is 25.0. The van der Waals surface area contributed by atoms with Crippen molar-refractivity contribution in [1.29, 1.82) is 5.41 Å². The molecule has 1 atom stereocenters. The lowest BCUT2D eigenvalue weighted by molar-refractivity contribution is 0.282. The Morgan fingerprint density at radius 1 is 1.02 bits per heavy atom. The number of halogens is 4. The molecule has 0 radical (unpaired) electrons. The average Bonchev–Trinajstić information content (AvgIpc) is 3.03. The van der Waals surface area contributed by atoms with Gasteiger partial charge in [-0.05, 0) is 84.3 Å². The number of amidine groups is 1. The summed E-state index contributed by atoms with van der Waals surface area (Å²) in [5.74, 6) is -1.77. The monoisotopic (exact) mass is 666 g/mol. The first-order valence-corrected chi connectivity index (χ1v) is 15.7. The summed E-state index contributed by atoms with van der Waals surface area (Å²) in [6.45, 7) is -0.327. The fourth-order valence-electron chi connectivity index (χ4n) is 5.48. The van der Waals surface area contributed by atoms with E-state index in [1.807, 2.05) is 0 Å². The van der Waals surface area contributed by atoms with Crippen LogP contribution in [-0.2, 0) is 13.0 Å². The number of nitrogens with zero attached hydrogens (tertiary/aromatic N) is 2. The lowest BCUT2D eigenvalue weighted by Gasteiger charge is -2.24. The molecule has 1 unspecified atom stereocenters. The highest BCUT2D eigenvalue weighted by Gasteiger charge is 2.25. The minimum Gasteiger partial charge on any atom is -0.392 e. The van der Waals surface area contributed by atoms with Gasteiger partial charge in [0.25, 0.3) is 5.56 Å². The summed E-state index contributed by atoms with van der Waals surface area (Å²) in [6.07, 6.45) is 1.82. The number of likely N-dealkylation sites (N-methyl/N-ethyl adjacent to an activating group) is 1. The van der Waals surface area contributed by atoms with Crippen molar-refractivity contribution in [3.8, 4) is 16.8 Å². The van der Waals surface area contributed by atoms with Crippen LogP contribution in [0.5, 0.6) is 0 Å². The Morgan fingerprint density at radius 3 is 2.41 bits per heavy atom. The topological polar surface area (TPSA) is 115 Å². The van der Waals surface area contributed by atoms with Crippen LogP contribution < -0.4 is 20.9 Å². The Hall–Kier alpha value is -4.36. The molecular weight excluding hydrogens is 637 g/mol. The van der Waals surface area contributed by atoms with Crippen molar-refractivity contribution in [3.05, 3.63) is 122 Å². The first-order chi connectivity index (χ1) is 22.1. The van der Waals surface area contributed by atoms with Gasteiger partial charge in [-0.1, -0.05) is 35.7 Å². The molecule has 8 nitrogen and oxygen atoms in total. The molecule has 4 aromatic carbocycles. The number of hydrogen-bond donors (Lipinski definition) is 5. The third-order valence-corrected chi connectivity index (χ3v) is 8.27. The van der Waals surface area contributed by atoms with Gasteiger partial charge in [0.05, 0.1) is 45.5 Å². The molecule has 46 heavy (non-hydrogen) atoms. The lowest BCUT2D eigenvalue weighted by atomic mass is 9.98. The van der Waals surface area contributed by atoms with Crippen molar-refractivity contribution >= 4 is 46.0 Å². The van der Waals surface area contributed by atoms with Gasteiger partial charge in [0.1, 0.15) is 29.1 Å². The van der Waals surface area contributed by atoms with Crippen molar-refractivity contribution in [2.24, 2.45) is 0 Å². The molecule has 5 rings (SSSR count). The molecule has 0 aliphatic rings. The maximum atomic E-state index is 14.5. The molecule has 238 valence electrons. The van der Waals surface area contributed by atoms with Crippen LogP contribution in [0.15, 0.2) is 71.5 Å². The summed E-state index contributed by atoms with van der Waals surface area (Å²) in [4.78, 5) is 19.4. The van der Waals surface area contributed by atoms with E-state index in [1.54, 1.807) is 50.7 Å². The number of rotatable bonds is 10. The maximum absolute atomic E-state index is 14.5. The third-order valence-electron chi connectivity index (χ3n) is 7.55. The average molecular weight is 667 g/mol. The molecule has 0 spiro atoms. The van der Waals surface area contributed by atoms with E-state index in [-0.39, 0.29) is 40.6 Å². The smallest absolute Gasteiger partial charge is 0.266 e. The molecule has 1 aromatic heterocycles. The Bertz CT molecular complexity index is 2000. The maximum Gasteiger partial charge on any atom is 0.266 e. The van der Waals surface area contributed by atoms with Crippen LogP contribution in [-0.4, -0.2) is 40.8 Å². The molecule has 5 N–H and O–H groups in total. The quantitative estimate of drug-likeness (QED) is 0.0670. The van der Waals surface area contributed by atoms with Gasteiger partial charge in [-0.15, -0.1) is 0 Å². The third kappa shape index (κ3) is 6.47. The predicted molar refractivity (Wildman–Crippen MR) is 179 cm³/mol. The fraction of sp³-hybridized carbons (Fsp3) is 0.182. The molecule has 0 aliphatic carbocycles. The van der Waals surface area contributed by atoms with Crippen molar-refractivity contribution < 1.29 is 18.3 Å². The zero-order valence-corrected chi connectivity index (χ0v) is 26.6. The minimum atomic E-state index is -0.743. The van der Waals surface area contributed by atoms with Gasteiger partial charge in [-0.3, -0.25) is 14.8 Å². The standard InChI is InChI=1S/C33H30ClF3N6O2S/c1-39-27(12-17-10-21(36)14-22(37)11-17)32-41-26-13-18(24-15-20(35)6-4-19(24)16-44)5-7-23(26)33(45)43(32)28-9-8-25(34)29(30(28)40-2)31(38)42-46-3/h4-11,13-15,27,39-40,44H,12,16H2,1-3H3,(H2,38,42). The van der Waals surface area contributed by atoms with Crippen molar-refractivity contribution in [2.75, 3.05) is 25.7 Å². The molecule has 13 heteroatoms. The van der Waals surface area contributed by atoms with Gasteiger partial charge in [-0.2, -0.15) is 0 Å². The Morgan fingerprint density at radius 2 is 1.76 bits per heavy atom. The van der Waals surface area contributed by atoms with Crippen LogP contribution in [0.3, 0.4) is 0 Å². The Kier molecular flexibility index (Phi) is 10.0. The summed E-state index contributed by atoms with van der Waals surface area (Å²) < 4.78 is 46.9.